The Morgan fingerprint density at radius 2 is 2.05 bits per heavy atom. The SMILES string of the molecule is CCCCN(CC)S(=O)(=O)c1ccc(NN)cc1[N+](=O)[O-]. The van der Waals surface area contributed by atoms with Gasteiger partial charge in [-0.2, -0.15) is 4.31 Å². The van der Waals surface area contributed by atoms with Crippen molar-refractivity contribution in [1.82, 2.24) is 4.31 Å². The van der Waals surface area contributed by atoms with Crippen LogP contribution in [0, 0.1) is 10.1 Å². The molecule has 3 N–H and O–H groups in total. The monoisotopic (exact) mass is 316 g/mol. The average Bonchev–Trinajstić information content (AvgIpc) is 2.47. The molecule has 0 amide bonds. The average molecular weight is 316 g/mol. The maximum absolute atomic E-state index is 12.6. The highest BCUT2D eigenvalue weighted by molar-refractivity contribution is 7.89. The van der Waals surface area contributed by atoms with Crippen LogP contribution in [0.1, 0.15) is 26.7 Å². The van der Waals surface area contributed by atoms with Crippen LogP contribution in [0.25, 0.3) is 0 Å². The van der Waals surface area contributed by atoms with Gasteiger partial charge < -0.3 is 5.43 Å². The van der Waals surface area contributed by atoms with E-state index in [1.807, 2.05) is 6.92 Å². The zero-order valence-electron chi connectivity index (χ0n) is 12.1. The highest BCUT2D eigenvalue weighted by Gasteiger charge is 2.30. The lowest BCUT2D eigenvalue weighted by molar-refractivity contribution is -0.387. The first-order valence-corrected chi connectivity index (χ1v) is 8.07. The van der Waals surface area contributed by atoms with E-state index in [2.05, 4.69) is 5.43 Å². The van der Waals surface area contributed by atoms with E-state index in [9.17, 15) is 18.5 Å². The van der Waals surface area contributed by atoms with Gasteiger partial charge in [-0.15, -0.1) is 0 Å². The molecule has 118 valence electrons. The second kappa shape index (κ2) is 7.34. The second-order valence-corrected chi connectivity index (χ2v) is 6.34. The summed E-state index contributed by atoms with van der Waals surface area (Å²) in [5.74, 6) is 5.20. The summed E-state index contributed by atoms with van der Waals surface area (Å²) in [4.78, 5) is 10.1. The molecule has 0 fully saturated rings. The molecule has 0 saturated carbocycles. The van der Waals surface area contributed by atoms with Gasteiger partial charge in [0.25, 0.3) is 5.69 Å². The molecule has 0 radical (unpaired) electrons. The number of nitro benzene ring substituents is 1. The summed E-state index contributed by atoms with van der Waals surface area (Å²) in [5, 5.41) is 11.1. The molecule has 1 rings (SSSR count). The van der Waals surface area contributed by atoms with E-state index in [-0.39, 0.29) is 17.1 Å². The molecule has 0 saturated heterocycles. The van der Waals surface area contributed by atoms with Gasteiger partial charge in [0, 0.05) is 19.2 Å². The minimum Gasteiger partial charge on any atom is -0.324 e. The van der Waals surface area contributed by atoms with Crippen molar-refractivity contribution < 1.29 is 13.3 Å². The fourth-order valence-corrected chi connectivity index (χ4v) is 3.52. The fraction of sp³-hybridized carbons (Fsp3) is 0.500. The van der Waals surface area contributed by atoms with E-state index in [0.717, 1.165) is 12.5 Å². The predicted octanol–water partition coefficient (Wildman–Crippen LogP) is 1.69. The van der Waals surface area contributed by atoms with Crippen LogP contribution in [-0.2, 0) is 10.0 Å². The van der Waals surface area contributed by atoms with E-state index in [1.165, 1.54) is 16.4 Å². The molecule has 1 aromatic rings. The summed E-state index contributed by atoms with van der Waals surface area (Å²) in [6, 6.07) is 3.71. The lowest BCUT2D eigenvalue weighted by atomic mass is 10.3. The second-order valence-electron chi connectivity index (χ2n) is 4.43. The highest BCUT2D eigenvalue weighted by Crippen LogP contribution is 2.29. The molecule has 0 unspecified atom stereocenters. The highest BCUT2D eigenvalue weighted by atomic mass is 32.2. The maximum atomic E-state index is 12.6. The van der Waals surface area contributed by atoms with Gasteiger partial charge in [0.1, 0.15) is 0 Å². The number of hydrogen-bond acceptors (Lipinski definition) is 6. The number of nitrogens with two attached hydrogens (primary N) is 1. The number of anilines is 1. The van der Waals surface area contributed by atoms with E-state index >= 15 is 0 Å². The van der Waals surface area contributed by atoms with Gasteiger partial charge in [-0.1, -0.05) is 20.3 Å². The Kier molecular flexibility index (Phi) is 6.06. The molecule has 0 aliphatic carbocycles. The minimum absolute atomic E-state index is 0.260. The number of hydrazine groups is 1. The number of nitrogens with zero attached hydrogens (tertiary/aromatic N) is 2. The van der Waals surface area contributed by atoms with Crippen molar-refractivity contribution in [1.29, 1.82) is 0 Å². The Bertz CT molecular complexity index is 603. The lowest BCUT2D eigenvalue weighted by Crippen LogP contribution is -2.32. The van der Waals surface area contributed by atoms with Crippen molar-refractivity contribution >= 4 is 21.4 Å². The van der Waals surface area contributed by atoms with Crippen molar-refractivity contribution in [2.45, 2.75) is 31.6 Å². The van der Waals surface area contributed by atoms with E-state index in [0.29, 0.717) is 13.0 Å². The number of rotatable bonds is 8. The van der Waals surface area contributed by atoms with Gasteiger partial charge in [-0.3, -0.25) is 16.0 Å². The van der Waals surface area contributed by atoms with Crippen LogP contribution in [-0.4, -0.2) is 30.7 Å². The molecule has 0 heterocycles. The number of hydrogen-bond donors (Lipinski definition) is 2. The third-order valence-corrected chi connectivity index (χ3v) is 5.08. The van der Waals surface area contributed by atoms with Crippen molar-refractivity contribution in [2.24, 2.45) is 5.84 Å². The summed E-state index contributed by atoms with van der Waals surface area (Å²) in [5.41, 5.74) is 2.06. The third-order valence-electron chi connectivity index (χ3n) is 3.05. The Balaban J connectivity index is 3.32. The largest absolute Gasteiger partial charge is 0.324 e. The van der Waals surface area contributed by atoms with Crippen LogP contribution in [0.2, 0.25) is 0 Å². The molecule has 0 bridgehead atoms. The first-order chi connectivity index (χ1) is 9.88. The third kappa shape index (κ3) is 3.90. The van der Waals surface area contributed by atoms with Crippen LogP contribution in [0.5, 0.6) is 0 Å². The topological polar surface area (TPSA) is 119 Å². The number of benzene rings is 1. The molecule has 8 nitrogen and oxygen atoms in total. The minimum atomic E-state index is -3.90. The van der Waals surface area contributed by atoms with Crippen molar-refractivity contribution in [2.75, 3.05) is 18.5 Å². The zero-order valence-corrected chi connectivity index (χ0v) is 12.9. The van der Waals surface area contributed by atoms with Gasteiger partial charge in [-0.05, 0) is 18.6 Å². The number of nitrogen functional groups attached to an aromatic ring is 1. The Morgan fingerprint density at radius 1 is 1.38 bits per heavy atom. The lowest BCUT2D eigenvalue weighted by Gasteiger charge is -2.20. The zero-order chi connectivity index (χ0) is 16.0. The summed E-state index contributed by atoms with van der Waals surface area (Å²) in [6.07, 6.45) is 1.54. The Labute approximate surface area is 124 Å². The van der Waals surface area contributed by atoms with Crippen LogP contribution in [0.15, 0.2) is 23.1 Å². The smallest absolute Gasteiger partial charge is 0.291 e. The number of sulfonamides is 1. The van der Waals surface area contributed by atoms with Gasteiger partial charge in [0.2, 0.25) is 10.0 Å². The van der Waals surface area contributed by atoms with Gasteiger partial charge in [0.05, 0.1) is 10.6 Å². The summed E-state index contributed by atoms with van der Waals surface area (Å²) in [6.45, 7) is 4.25. The molecule has 0 aromatic heterocycles. The molecular weight excluding hydrogens is 296 g/mol. The first-order valence-electron chi connectivity index (χ1n) is 6.63. The molecule has 0 aliphatic heterocycles. The summed E-state index contributed by atoms with van der Waals surface area (Å²) < 4.78 is 26.4. The quantitative estimate of drug-likeness (QED) is 0.428. The summed E-state index contributed by atoms with van der Waals surface area (Å²) in [7, 11) is -3.90. The molecule has 21 heavy (non-hydrogen) atoms. The number of unbranched alkanes of at least 4 members (excludes halogenated alkanes) is 1. The van der Waals surface area contributed by atoms with E-state index < -0.39 is 20.6 Å². The van der Waals surface area contributed by atoms with E-state index in [4.69, 9.17) is 5.84 Å². The normalized spacial score (nSPS) is 11.6. The van der Waals surface area contributed by atoms with Crippen LogP contribution in [0.4, 0.5) is 11.4 Å². The van der Waals surface area contributed by atoms with Gasteiger partial charge in [-0.25, -0.2) is 8.42 Å². The van der Waals surface area contributed by atoms with Crippen molar-refractivity contribution in [3.8, 4) is 0 Å². The van der Waals surface area contributed by atoms with Crippen molar-refractivity contribution in [3.05, 3.63) is 28.3 Å². The molecule has 1 aromatic carbocycles. The maximum Gasteiger partial charge on any atom is 0.291 e. The van der Waals surface area contributed by atoms with E-state index in [1.54, 1.807) is 6.92 Å². The number of nitro groups is 1. The molecular formula is C12H20N4O4S. The predicted molar refractivity (Wildman–Crippen MR) is 80.2 cm³/mol. The summed E-state index contributed by atoms with van der Waals surface area (Å²) >= 11 is 0. The van der Waals surface area contributed by atoms with Crippen molar-refractivity contribution in [3.63, 3.8) is 0 Å². The first kappa shape index (κ1) is 17.3. The van der Waals surface area contributed by atoms with Crippen LogP contribution >= 0.6 is 0 Å². The van der Waals surface area contributed by atoms with Crippen LogP contribution < -0.4 is 11.3 Å². The molecule has 0 aliphatic rings. The number of nitrogens with one attached hydrogen (secondary N) is 1. The Hall–Kier alpha value is -1.71. The fourth-order valence-electron chi connectivity index (χ4n) is 1.89. The molecule has 9 heteroatoms. The van der Waals surface area contributed by atoms with Gasteiger partial charge >= 0.3 is 0 Å². The Morgan fingerprint density at radius 3 is 2.52 bits per heavy atom. The molecule has 0 spiro atoms. The van der Waals surface area contributed by atoms with Crippen LogP contribution in [0.3, 0.4) is 0 Å². The molecule has 0 atom stereocenters. The van der Waals surface area contributed by atoms with Gasteiger partial charge in [0.15, 0.2) is 4.90 Å². The standard InChI is InChI=1S/C12H20N4O4S/c1-3-5-8-15(4-2)21(19,20)12-7-6-10(14-13)9-11(12)16(17)18/h6-7,9,14H,3-5,8,13H2,1-2H3.